The van der Waals surface area contributed by atoms with Crippen LogP contribution in [0.15, 0.2) is 0 Å². The maximum atomic E-state index is 12.3. The molecule has 106 valence electrons. The summed E-state index contributed by atoms with van der Waals surface area (Å²) in [6.45, 7) is 12.5. The van der Waals surface area contributed by atoms with Gasteiger partial charge in [0.1, 0.15) is 0 Å². The summed E-state index contributed by atoms with van der Waals surface area (Å²) in [7, 11) is 0. The quantitative estimate of drug-likeness (QED) is 0.716. The Morgan fingerprint density at radius 3 is 2.61 bits per heavy atom. The van der Waals surface area contributed by atoms with Gasteiger partial charge in [-0.3, -0.25) is 10.1 Å². The molecule has 1 saturated heterocycles. The smallest absolute Gasteiger partial charge is 0.241 e. The lowest BCUT2D eigenvalue weighted by Crippen LogP contribution is -2.44. The molecular formula is C14H29N3O. The van der Waals surface area contributed by atoms with Gasteiger partial charge in [-0.25, -0.2) is 0 Å². The van der Waals surface area contributed by atoms with Crippen LogP contribution in [-0.4, -0.2) is 54.1 Å². The van der Waals surface area contributed by atoms with Crippen LogP contribution < -0.4 is 5.32 Å². The summed E-state index contributed by atoms with van der Waals surface area (Å²) in [5.41, 5.74) is 0. The van der Waals surface area contributed by atoms with Gasteiger partial charge in [0.05, 0.1) is 12.7 Å². The van der Waals surface area contributed by atoms with Gasteiger partial charge >= 0.3 is 0 Å². The molecule has 4 nitrogen and oxygen atoms in total. The molecule has 0 aromatic carbocycles. The lowest BCUT2D eigenvalue weighted by Gasteiger charge is -2.29. The lowest BCUT2D eigenvalue weighted by molar-refractivity contribution is -0.131. The van der Waals surface area contributed by atoms with Crippen molar-refractivity contribution < 1.29 is 4.79 Å². The topological polar surface area (TPSA) is 35.6 Å². The van der Waals surface area contributed by atoms with Crippen LogP contribution in [0.5, 0.6) is 0 Å². The van der Waals surface area contributed by atoms with Crippen molar-refractivity contribution in [1.29, 1.82) is 0 Å². The third-order valence-corrected chi connectivity index (χ3v) is 3.88. The second kappa shape index (κ2) is 7.74. The first-order chi connectivity index (χ1) is 8.63. The van der Waals surface area contributed by atoms with Gasteiger partial charge in [-0.05, 0) is 26.4 Å². The number of carbonyl (C=O) groups is 1. The Balaban J connectivity index is 2.45. The largest absolute Gasteiger partial charge is 0.325 e. The number of unbranched alkanes of at least 4 members (excludes halogenated alkanes) is 1. The summed E-state index contributed by atoms with van der Waals surface area (Å²) in [6.07, 6.45) is 3.26. The minimum absolute atomic E-state index is 0.0594. The van der Waals surface area contributed by atoms with E-state index in [2.05, 4.69) is 37.9 Å². The lowest BCUT2D eigenvalue weighted by atomic mass is 10.1. The van der Waals surface area contributed by atoms with Gasteiger partial charge in [-0.1, -0.05) is 33.6 Å². The van der Waals surface area contributed by atoms with E-state index in [9.17, 15) is 4.79 Å². The molecule has 1 N–H and O–H groups in total. The van der Waals surface area contributed by atoms with E-state index in [4.69, 9.17) is 0 Å². The maximum absolute atomic E-state index is 12.3. The van der Waals surface area contributed by atoms with Gasteiger partial charge in [-0.15, -0.1) is 0 Å². The number of amides is 1. The summed E-state index contributed by atoms with van der Waals surface area (Å²) in [5.74, 6) is 0.295. The van der Waals surface area contributed by atoms with E-state index in [0.29, 0.717) is 11.9 Å². The molecule has 18 heavy (non-hydrogen) atoms. The fourth-order valence-electron chi connectivity index (χ4n) is 2.53. The van der Waals surface area contributed by atoms with E-state index in [0.717, 1.165) is 45.6 Å². The molecule has 0 aliphatic carbocycles. The number of hydrogen-bond acceptors (Lipinski definition) is 3. The minimum atomic E-state index is 0.0594. The van der Waals surface area contributed by atoms with E-state index in [1.54, 1.807) is 0 Å². The summed E-state index contributed by atoms with van der Waals surface area (Å²) in [4.78, 5) is 16.6. The summed E-state index contributed by atoms with van der Waals surface area (Å²) < 4.78 is 0. The highest BCUT2D eigenvalue weighted by atomic mass is 16.2. The number of nitrogens with one attached hydrogen (secondary N) is 1. The molecule has 0 bridgehead atoms. The van der Waals surface area contributed by atoms with Crippen molar-refractivity contribution in [2.75, 3.05) is 26.3 Å². The van der Waals surface area contributed by atoms with Crippen LogP contribution >= 0.6 is 0 Å². The Morgan fingerprint density at radius 1 is 1.39 bits per heavy atom. The average molecular weight is 255 g/mol. The highest BCUT2D eigenvalue weighted by molar-refractivity contribution is 5.84. The number of carbonyl (C=O) groups excluding carboxylic acids is 1. The van der Waals surface area contributed by atoms with Crippen molar-refractivity contribution in [3.05, 3.63) is 0 Å². The van der Waals surface area contributed by atoms with E-state index in [-0.39, 0.29) is 6.04 Å². The van der Waals surface area contributed by atoms with E-state index in [1.165, 1.54) is 0 Å². The van der Waals surface area contributed by atoms with Gasteiger partial charge in [0.25, 0.3) is 0 Å². The molecular weight excluding hydrogens is 226 g/mol. The Labute approximate surface area is 112 Å². The second-order valence-corrected chi connectivity index (χ2v) is 5.20. The van der Waals surface area contributed by atoms with Crippen molar-refractivity contribution in [2.45, 2.75) is 59.0 Å². The standard InChI is InChI=1S/C14H29N3O/c1-5-8-9-13-14(18)17(11-15-13)12(4)10-16(6-2)7-3/h12-13,15H,5-11H2,1-4H3. The Morgan fingerprint density at radius 2 is 2.06 bits per heavy atom. The van der Waals surface area contributed by atoms with Gasteiger partial charge < -0.3 is 9.80 Å². The molecule has 1 amide bonds. The second-order valence-electron chi connectivity index (χ2n) is 5.20. The van der Waals surface area contributed by atoms with Gasteiger partial charge in [0.2, 0.25) is 5.91 Å². The third-order valence-electron chi connectivity index (χ3n) is 3.88. The van der Waals surface area contributed by atoms with Crippen molar-refractivity contribution >= 4 is 5.91 Å². The zero-order chi connectivity index (χ0) is 13.5. The highest BCUT2D eigenvalue weighted by Crippen LogP contribution is 2.14. The molecule has 0 aromatic rings. The molecule has 4 heteroatoms. The number of hydrogen-bond donors (Lipinski definition) is 1. The van der Waals surface area contributed by atoms with Crippen molar-refractivity contribution in [3.63, 3.8) is 0 Å². The molecule has 0 spiro atoms. The molecule has 1 aliphatic heterocycles. The first-order valence-electron chi connectivity index (χ1n) is 7.40. The predicted molar refractivity (Wildman–Crippen MR) is 75.4 cm³/mol. The normalized spacial score (nSPS) is 21.9. The van der Waals surface area contributed by atoms with E-state index >= 15 is 0 Å². The Hall–Kier alpha value is -0.610. The van der Waals surface area contributed by atoms with E-state index in [1.807, 2.05) is 4.90 Å². The third kappa shape index (κ3) is 3.95. The molecule has 2 unspecified atom stereocenters. The fraction of sp³-hybridized carbons (Fsp3) is 0.929. The summed E-state index contributed by atoms with van der Waals surface area (Å²) >= 11 is 0. The van der Waals surface area contributed by atoms with Crippen LogP contribution in [0.25, 0.3) is 0 Å². The molecule has 0 aromatic heterocycles. The fourth-order valence-corrected chi connectivity index (χ4v) is 2.53. The van der Waals surface area contributed by atoms with Crippen LogP contribution in [0, 0.1) is 0 Å². The minimum Gasteiger partial charge on any atom is -0.325 e. The Kier molecular flexibility index (Phi) is 6.65. The van der Waals surface area contributed by atoms with Crippen LogP contribution in [0.3, 0.4) is 0 Å². The van der Waals surface area contributed by atoms with Crippen molar-refractivity contribution in [3.8, 4) is 0 Å². The first-order valence-corrected chi connectivity index (χ1v) is 7.40. The van der Waals surface area contributed by atoms with Crippen molar-refractivity contribution in [2.24, 2.45) is 0 Å². The molecule has 0 radical (unpaired) electrons. The molecule has 0 saturated carbocycles. The van der Waals surface area contributed by atoms with E-state index < -0.39 is 0 Å². The SMILES string of the molecule is CCCCC1NCN(C(C)CN(CC)CC)C1=O. The number of nitrogens with zero attached hydrogens (tertiary/aromatic N) is 2. The Bertz CT molecular complexity index is 253. The molecule has 1 aliphatic rings. The van der Waals surface area contributed by atoms with Crippen molar-refractivity contribution in [1.82, 2.24) is 15.1 Å². The van der Waals surface area contributed by atoms with Crippen LogP contribution in [0.1, 0.15) is 47.0 Å². The first kappa shape index (κ1) is 15.4. The summed E-state index contributed by atoms with van der Waals surface area (Å²) in [5, 5.41) is 3.34. The molecule has 1 fully saturated rings. The predicted octanol–water partition coefficient (Wildman–Crippen LogP) is 1.66. The number of rotatable bonds is 8. The average Bonchev–Trinajstić information content (AvgIpc) is 2.74. The summed E-state index contributed by atoms with van der Waals surface area (Å²) in [6, 6.07) is 0.362. The van der Waals surface area contributed by atoms with Crippen LogP contribution in [0.2, 0.25) is 0 Å². The van der Waals surface area contributed by atoms with Crippen LogP contribution in [0.4, 0.5) is 0 Å². The molecule has 1 rings (SSSR count). The maximum Gasteiger partial charge on any atom is 0.241 e. The zero-order valence-electron chi connectivity index (χ0n) is 12.4. The van der Waals surface area contributed by atoms with Crippen LogP contribution in [-0.2, 0) is 4.79 Å². The van der Waals surface area contributed by atoms with Gasteiger partial charge in [0.15, 0.2) is 0 Å². The zero-order valence-corrected chi connectivity index (χ0v) is 12.4. The highest BCUT2D eigenvalue weighted by Gasteiger charge is 2.33. The van der Waals surface area contributed by atoms with Gasteiger partial charge in [-0.2, -0.15) is 0 Å². The monoisotopic (exact) mass is 255 g/mol. The molecule has 1 heterocycles. The van der Waals surface area contributed by atoms with Gasteiger partial charge in [0, 0.05) is 12.6 Å². The molecule has 2 atom stereocenters. The number of likely N-dealkylation sites (N-methyl/N-ethyl adjacent to an activating group) is 1.